The fourth-order valence-electron chi connectivity index (χ4n) is 10.6. The first kappa shape index (κ1) is 75.9. The van der Waals surface area contributed by atoms with Gasteiger partial charge < -0.3 is 60.7 Å². The largest absolute Gasteiger partial charge is 0.390 e. The molecule has 1 rings (SSSR count). The van der Waals surface area contributed by atoms with E-state index < -0.39 is 156 Å². The van der Waals surface area contributed by atoms with E-state index in [0.29, 0.717) is 0 Å². The van der Waals surface area contributed by atoms with Crippen LogP contribution >= 0.6 is 0 Å². The summed E-state index contributed by atoms with van der Waals surface area (Å²) in [7, 11) is 9.87. The smallest absolute Gasteiger partial charge is 0.246 e. The van der Waals surface area contributed by atoms with Crippen LogP contribution in [0.5, 0.6) is 0 Å². The number of amides is 11. The van der Waals surface area contributed by atoms with Crippen molar-refractivity contribution < 1.29 is 57.8 Å². The van der Waals surface area contributed by atoms with E-state index in [-0.39, 0.29) is 62.2 Å². The molecule has 0 spiro atoms. The molecule has 11 amide bonds. The number of carbonyl (C=O) groups excluding carboxylic acids is 11. The predicted octanol–water partition coefficient (Wildman–Crippen LogP) is 2.88. The Bertz CT molecular complexity index is 2290. The van der Waals surface area contributed by atoms with E-state index in [1.807, 2.05) is 55.4 Å². The molecule has 1 heterocycles. The number of carbonyl (C=O) groups is 11. The van der Waals surface area contributed by atoms with E-state index in [1.54, 1.807) is 47.6 Å². The summed E-state index contributed by atoms with van der Waals surface area (Å²) in [4.78, 5) is 168. The standard InChI is InChI=1S/C61H109N11O12/c1-25-27-39(15)51(74)50-55(78)64-42(26-2)57(80)66(18)32-47(73)67(19)43(28-33(3)4)54(77)65-48(37(11)12)60(83)68(20)44(29-34(5)6)53(76)62-40(16)52(75)63-41(17)56(79)69(21)45(30-35(7)8)58(81)70(22)46(31-36(9)10)59(82)71(23)49(38(13)14)61(84)72(50)24/h25,33-46,48-51,74H,1,26-32H2,2-24H3,(H,62,76)(H,63,75)(H,64,78)(H,65,77)/t39-,40+,41-,42+,43+,44+,45+,46?,48+,49+,50+,51-/m1/s1. The summed E-state index contributed by atoms with van der Waals surface area (Å²) in [6, 6.07) is -12.4. The van der Waals surface area contributed by atoms with Gasteiger partial charge in [-0.2, -0.15) is 0 Å². The lowest BCUT2D eigenvalue weighted by Gasteiger charge is -2.41. The van der Waals surface area contributed by atoms with Crippen LogP contribution in [-0.4, -0.2) is 227 Å². The van der Waals surface area contributed by atoms with Crippen molar-refractivity contribution in [3.05, 3.63) is 12.7 Å². The van der Waals surface area contributed by atoms with Gasteiger partial charge in [0.25, 0.3) is 0 Å². The molecule has 1 fully saturated rings. The van der Waals surface area contributed by atoms with Crippen LogP contribution in [0.15, 0.2) is 12.7 Å². The SMILES string of the molecule is C=CC[C@@H](C)[C@@H](O)[C@H]1C(=O)N[C@@H](CC)C(=O)N(C)CC(=O)N(C)[C@@H](CC(C)C)C(=O)N[C@@H](C(C)C)C(=O)N(C)[C@@H](CC(C)C)C(=O)N[C@@H](C)C(=O)N[C@H](C)C(=O)N(C)[C@@H](CC(C)C)C(=O)N(C)C(CC(C)C)C(=O)N(C)[C@@H](C(C)C)C(=O)N1C. The Morgan fingerprint density at radius 3 is 1.31 bits per heavy atom. The zero-order valence-corrected chi connectivity index (χ0v) is 55.2. The Morgan fingerprint density at radius 2 is 0.869 bits per heavy atom. The van der Waals surface area contributed by atoms with Gasteiger partial charge in [0.2, 0.25) is 65.0 Å². The van der Waals surface area contributed by atoms with Gasteiger partial charge in [-0.3, -0.25) is 52.7 Å². The van der Waals surface area contributed by atoms with Crippen LogP contribution in [0.4, 0.5) is 0 Å². The predicted molar refractivity (Wildman–Crippen MR) is 324 cm³/mol. The zero-order valence-electron chi connectivity index (χ0n) is 55.2. The van der Waals surface area contributed by atoms with E-state index in [2.05, 4.69) is 27.8 Å². The Kier molecular flexibility index (Phi) is 30.8. The van der Waals surface area contributed by atoms with Gasteiger partial charge in [-0.05, 0) is 93.8 Å². The summed E-state index contributed by atoms with van der Waals surface area (Å²) < 4.78 is 0. The van der Waals surface area contributed by atoms with Crippen molar-refractivity contribution in [2.45, 2.75) is 216 Å². The quantitative estimate of drug-likeness (QED) is 0.148. The summed E-state index contributed by atoms with van der Waals surface area (Å²) in [6.45, 7) is 31.2. The number of hydrogen-bond acceptors (Lipinski definition) is 12. The molecule has 12 atom stereocenters. The number of hydrogen-bond donors (Lipinski definition) is 5. The highest BCUT2D eigenvalue weighted by molar-refractivity contribution is 5.99. The molecule has 1 saturated heterocycles. The van der Waals surface area contributed by atoms with Crippen LogP contribution in [0.1, 0.15) is 149 Å². The lowest BCUT2D eigenvalue weighted by atomic mass is 9.91. The van der Waals surface area contributed by atoms with Crippen LogP contribution in [0.25, 0.3) is 0 Å². The van der Waals surface area contributed by atoms with Crippen LogP contribution in [-0.2, 0) is 52.7 Å². The number of nitrogens with zero attached hydrogens (tertiary/aromatic N) is 7. The molecule has 0 aromatic heterocycles. The molecular weight excluding hydrogens is 1080 g/mol. The second-order valence-corrected chi connectivity index (χ2v) is 25.8. The molecule has 0 bridgehead atoms. The first-order valence-corrected chi connectivity index (χ1v) is 30.1. The molecule has 0 saturated carbocycles. The van der Waals surface area contributed by atoms with Crippen molar-refractivity contribution in [3.63, 3.8) is 0 Å². The van der Waals surface area contributed by atoms with E-state index in [1.165, 1.54) is 87.7 Å². The second kappa shape index (κ2) is 34.1. The van der Waals surface area contributed by atoms with Crippen LogP contribution in [0, 0.1) is 41.4 Å². The van der Waals surface area contributed by atoms with Crippen molar-refractivity contribution in [2.75, 3.05) is 55.9 Å². The van der Waals surface area contributed by atoms with Gasteiger partial charge in [-0.25, -0.2) is 0 Å². The van der Waals surface area contributed by atoms with Gasteiger partial charge in [-0.1, -0.05) is 103 Å². The van der Waals surface area contributed by atoms with Crippen molar-refractivity contribution in [1.29, 1.82) is 0 Å². The molecule has 5 N–H and O–H groups in total. The minimum Gasteiger partial charge on any atom is -0.390 e. The van der Waals surface area contributed by atoms with Gasteiger partial charge >= 0.3 is 0 Å². The third-order valence-corrected chi connectivity index (χ3v) is 15.9. The summed E-state index contributed by atoms with van der Waals surface area (Å²) in [5.41, 5.74) is 0. The van der Waals surface area contributed by atoms with Crippen LogP contribution < -0.4 is 21.3 Å². The number of likely N-dealkylation sites (N-methyl/N-ethyl adjacent to an activating group) is 7. The molecule has 0 radical (unpaired) electrons. The minimum absolute atomic E-state index is 0.0170. The normalized spacial score (nSPS) is 26.9. The average molecular weight is 1190 g/mol. The third kappa shape index (κ3) is 20.8. The number of allylic oxidation sites excluding steroid dienone is 1. The summed E-state index contributed by atoms with van der Waals surface area (Å²) in [6.07, 6.45) is 0.892. The first-order chi connectivity index (χ1) is 38.7. The maximum Gasteiger partial charge on any atom is 0.246 e. The molecule has 84 heavy (non-hydrogen) atoms. The highest BCUT2D eigenvalue weighted by Crippen LogP contribution is 2.25. The van der Waals surface area contributed by atoms with Crippen molar-refractivity contribution in [3.8, 4) is 0 Å². The van der Waals surface area contributed by atoms with Crippen LogP contribution in [0.2, 0.25) is 0 Å². The molecule has 0 aliphatic carbocycles. The first-order valence-electron chi connectivity index (χ1n) is 30.1. The minimum atomic E-state index is -1.62. The molecule has 0 aromatic carbocycles. The Balaban J connectivity index is 4.30. The van der Waals surface area contributed by atoms with Gasteiger partial charge in [0, 0.05) is 49.3 Å². The van der Waals surface area contributed by atoms with E-state index >= 15 is 9.59 Å². The van der Waals surface area contributed by atoms with E-state index in [4.69, 9.17) is 0 Å². The molecule has 1 aliphatic rings. The van der Waals surface area contributed by atoms with E-state index in [9.17, 15) is 48.3 Å². The molecule has 1 aliphatic heterocycles. The maximum atomic E-state index is 15.1. The lowest BCUT2D eigenvalue weighted by molar-refractivity contribution is -0.157. The fraction of sp³-hybridized carbons (Fsp3) is 0.787. The molecule has 1 unspecified atom stereocenters. The summed E-state index contributed by atoms with van der Waals surface area (Å²) in [5, 5.41) is 22.9. The number of nitrogens with one attached hydrogen (secondary N) is 4. The number of aliphatic hydroxyl groups is 1. The highest BCUT2D eigenvalue weighted by atomic mass is 16.3. The van der Waals surface area contributed by atoms with Crippen molar-refractivity contribution in [2.24, 2.45) is 41.4 Å². The Hall–Kier alpha value is -6.13. The number of rotatable bonds is 15. The number of aliphatic hydroxyl groups excluding tert-OH is 1. The average Bonchev–Trinajstić information content (AvgIpc) is 3.52. The molecule has 23 nitrogen and oxygen atoms in total. The Labute approximate surface area is 502 Å². The fourth-order valence-corrected chi connectivity index (χ4v) is 10.6. The van der Waals surface area contributed by atoms with Gasteiger partial charge in [0.05, 0.1) is 12.6 Å². The Morgan fingerprint density at radius 1 is 0.464 bits per heavy atom. The molecule has 23 heteroatoms. The van der Waals surface area contributed by atoms with Gasteiger partial charge in [-0.15, -0.1) is 6.58 Å². The molecule has 0 aromatic rings. The third-order valence-electron chi connectivity index (χ3n) is 15.9. The van der Waals surface area contributed by atoms with Crippen molar-refractivity contribution >= 4 is 65.0 Å². The summed E-state index contributed by atoms with van der Waals surface area (Å²) >= 11 is 0. The van der Waals surface area contributed by atoms with E-state index in [0.717, 1.165) is 9.80 Å². The maximum absolute atomic E-state index is 15.1. The van der Waals surface area contributed by atoms with Crippen molar-refractivity contribution in [1.82, 2.24) is 55.6 Å². The molecule has 480 valence electrons. The van der Waals surface area contributed by atoms with Gasteiger partial charge in [0.15, 0.2) is 0 Å². The lowest BCUT2D eigenvalue weighted by Crippen LogP contribution is -2.63. The molecular formula is C61H109N11O12. The monoisotopic (exact) mass is 1190 g/mol. The van der Waals surface area contributed by atoms with Gasteiger partial charge in [0.1, 0.15) is 60.4 Å². The topological polar surface area (TPSA) is 279 Å². The highest BCUT2D eigenvalue weighted by Gasteiger charge is 2.45. The second-order valence-electron chi connectivity index (χ2n) is 25.8. The zero-order chi connectivity index (χ0) is 65.3. The van der Waals surface area contributed by atoms with Crippen LogP contribution in [0.3, 0.4) is 0 Å². The summed E-state index contributed by atoms with van der Waals surface area (Å²) in [5.74, 6) is -9.81.